The summed E-state index contributed by atoms with van der Waals surface area (Å²) < 4.78 is 10.5. The second-order valence-electron chi connectivity index (χ2n) is 6.42. The number of benzene rings is 1. The lowest BCUT2D eigenvalue weighted by molar-refractivity contribution is 0.0744. The number of rotatable bonds is 5. The molecule has 1 unspecified atom stereocenters. The summed E-state index contributed by atoms with van der Waals surface area (Å²) in [7, 11) is 3.12. The number of aliphatic hydroxyl groups is 1. The van der Waals surface area contributed by atoms with E-state index in [2.05, 4.69) is 15.3 Å². The van der Waals surface area contributed by atoms with Crippen LogP contribution in [0, 0.1) is 5.41 Å². The Hall–Kier alpha value is -2.28. The molecule has 0 spiro atoms. The van der Waals surface area contributed by atoms with Gasteiger partial charge < -0.3 is 25.6 Å². The summed E-state index contributed by atoms with van der Waals surface area (Å²) in [5.74, 6) is 1.84. The average Bonchev–Trinajstić information content (AvgIpc) is 2.50. The minimum Gasteiger partial charge on any atom is -0.493 e. The molecule has 1 aromatic heterocycles. The fourth-order valence-electron chi connectivity index (χ4n) is 2.05. The molecular weight excluding hydrogens is 296 g/mol. The lowest BCUT2D eigenvalue weighted by atomic mass is 9.89. The van der Waals surface area contributed by atoms with Crippen LogP contribution in [0.3, 0.4) is 0 Å². The Balaban J connectivity index is 2.33. The van der Waals surface area contributed by atoms with E-state index >= 15 is 0 Å². The third-order valence-corrected chi connectivity index (χ3v) is 3.68. The van der Waals surface area contributed by atoms with Crippen molar-refractivity contribution in [3.63, 3.8) is 0 Å². The lowest BCUT2D eigenvalue weighted by Gasteiger charge is -2.25. The predicted octanol–water partition coefficient (Wildman–Crippen LogP) is 2.05. The zero-order valence-electron chi connectivity index (χ0n) is 14.2. The molecule has 0 amide bonds. The quantitative estimate of drug-likeness (QED) is 0.774. The topological polar surface area (TPSA) is 103 Å². The first-order valence-corrected chi connectivity index (χ1v) is 7.37. The normalized spacial score (nSPS) is 13.0. The molecule has 23 heavy (non-hydrogen) atoms. The van der Waals surface area contributed by atoms with Crippen LogP contribution < -0.4 is 20.5 Å². The van der Waals surface area contributed by atoms with Crippen LogP contribution in [-0.2, 0) is 0 Å². The van der Waals surface area contributed by atoms with Crippen LogP contribution >= 0.6 is 0 Å². The van der Waals surface area contributed by atoms with Gasteiger partial charge in [0.25, 0.3) is 0 Å². The zero-order chi connectivity index (χ0) is 17.2. The molecule has 0 bridgehead atoms. The number of nitrogens with zero attached hydrogens (tertiary/aromatic N) is 2. The Bertz CT molecular complexity index is 698. The van der Waals surface area contributed by atoms with Crippen molar-refractivity contribution in [2.24, 2.45) is 5.41 Å². The van der Waals surface area contributed by atoms with Crippen molar-refractivity contribution in [3.8, 4) is 11.5 Å². The highest BCUT2D eigenvalue weighted by molar-refractivity contribution is 5.91. The molecule has 0 saturated carbocycles. The van der Waals surface area contributed by atoms with Crippen molar-refractivity contribution in [1.82, 2.24) is 9.97 Å². The maximum atomic E-state index is 10.1. The Morgan fingerprint density at radius 1 is 1.17 bits per heavy atom. The van der Waals surface area contributed by atoms with Gasteiger partial charge in [-0.25, -0.2) is 4.98 Å². The number of hydrogen-bond acceptors (Lipinski definition) is 7. The maximum absolute atomic E-state index is 10.1. The Labute approximate surface area is 135 Å². The molecule has 7 heteroatoms. The van der Waals surface area contributed by atoms with Crippen molar-refractivity contribution < 1.29 is 14.6 Å². The van der Waals surface area contributed by atoms with Gasteiger partial charge in [0.15, 0.2) is 11.5 Å². The van der Waals surface area contributed by atoms with E-state index in [1.807, 2.05) is 20.8 Å². The minimum absolute atomic E-state index is 0.230. The molecule has 1 heterocycles. The van der Waals surface area contributed by atoms with E-state index in [0.717, 1.165) is 0 Å². The highest BCUT2D eigenvalue weighted by Gasteiger charge is 2.22. The van der Waals surface area contributed by atoms with Gasteiger partial charge in [-0.15, -0.1) is 0 Å². The first kappa shape index (κ1) is 17.1. The standard InChI is InChI=1S/C16H24N4O3/c1-16(2,3)13(21)8-18-15-19-10-7-12(23-5)11(22-4)6-9(10)14(17)20-15/h6-7,13,21H,8H2,1-5H3,(H3,17,18,19,20). The van der Waals surface area contributed by atoms with Gasteiger partial charge in [-0.3, -0.25) is 0 Å². The molecular formula is C16H24N4O3. The molecule has 0 aliphatic carbocycles. The average molecular weight is 320 g/mol. The van der Waals surface area contributed by atoms with E-state index in [0.29, 0.717) is 40.7 Å². The number of hydrogen-bond donors (Lipinski definition) is 3. The van der Waals surface area contributed by atoms with E-state index in [4.69, 9.17) is 15.2 Å². The molecule has 126 valence electrons. The van der Waals surface area contributed by atoms with Gasteiger partial charge >= 0.3 is 0 Å². The van der Waals surface area contributed by atoms with Gasteiger partial charge in [0.2, 0.25) is 5.95 Å². The highest BCUT2D eigenvalue weighted by Crippen LogP contribution is 2.33. The van der Waals surface area contributed by atoms with Crippen molar-refractivity contribution in [1.29, 1.82) is 0 Å². The van der Waals surface area contributed by atoms with Crippen LogP contribution in [0.2, 0.25) is 0 Å². The van der Waals surface area contributed by atoms with Crippen LogP contribution in [0.15, 0.2) is 12.1 Å². The summed E-state index contributed by atoms with van der Waals surface area (Å²) in [4.78, 5) is 8.66. The summed E-state index contributed by atoms with van der Waals surface area (Å²) >= 11 is 0. The third kappa shape index (κ3) is 3.73. The zero-order valence-corrected chi connectivity index (χ0v) is 14.2. The SMILES string of the molecule is COc1cc2nc(NCC(O)C(C)(C)C)nc(N)c2cc1OC. The van der Waals surface area contributed by atoms with E-state index in [1.165, 1.54) is 0 Å². The van der Waals surface area contributed by atoms with Crippen molar-refractivity contribution in [3.05, 3.63) is 12.1 Å². The minimum atomic E-state index is -0.534. The highest BCUT2D eigenvalue weighted by atomic mass is 16.5. The van der Waals surface area contributed by atoms with Crippen molar-refractivity contribution in [2.45, 2.75) is 26.9 Å². The number of nitrogens with two attached hydrogens (primary N) is 1. The third-order valence-electron chi connectivity index (χ3n) is 3.68. The summed E-state index contributed by atoms with van der Waals surface area (Å²) in [5, 5.41) is 13.8. The number of ether oxygens (including phenoxy) is 2. The Morgan fingerprint density at radius 2 is 1.78 bits per heavy atom. The summed E-state index contributed by atoms with van der Waals surface area (Å²) in [6, 6.07) is 3.49. The first-order chi connectivity index (χ1) is 10.8. The number of methoxy groups -OCH3 is 2. The van der Waals surface area contributed by atoms with E-state index in [-0.39, 0.29) is 5.41 Å². The fourth-order valence-corrected chi connectivity index (χ4v) is 2.05. The van der Waals surface area contributed by atoms with Crippen LogP contribution in [0.1, 0.15) is 20.8 Å². The summed E-state index contributed by atoms with van der Waals surface area (Å²) in [6.07, 6.45) is -0.534. The van der Waals surface area contributed by atoms with E-state index in [1.54, 1.807) is 26.4 Å². The fraction of sp³-hybridized carbons (Fsp3) is 0.500. The molecule has 1 atom stereocenters. The number of aromatic nitrogens is 2. The molecule has 2 aromatic rings. The Kier molecular flexibility index (Phi) is 4.79. The smallest absolute Gasteiger partial charge is 0.225 e. The van der Waals surface area contributed by atoms with Gasteiger partial charge in [-0.05, 0) is 11.5 Å². The lowest BCUT2D eigenvalue weighted by Crippen LogP contribution is -2.33. The van der Waals surface area contributed by atoms with Gasteiger partial charge in [0.05, 0.1) is 25.8 Å². The summed E-state index contributed by atoms with van der Waals surface area (Å²) in [6.45, 7) is 6.23. The largest absolute Gasteiger partial charge is 0.493 e. The van der Waals surface area contributed by atoms with Gasteiger partial charge in [-0.2, -0.15) is 4.98 Å². The predicted molar refractivity (Wildman–Crippen MR) is 91.0 cm³/mol. The van der Waals surface area contributed by atoms with Crippen LogP contribution in [0.4, 0.5) is 11.8 Å². The molecule has 2 rings (SSSR count). The molecule has 1 aromatic carbocycles. The van der Waals surface area contributed by atoms with E-state index in [9.17, 15) is 5.11 Å². The molecule has 0 saturated heterocycles. The van der Waals surface area contributed by atoms with Gasteiger partial charge in [0, 0.05) is 18.0 Å². The number of aliphatic hydroxyl groups excluding tert-OH is 1. The van der Waals surface area contributed by atoms with Gasteiger partial charge in [-0.1, -0.05) is 20.8 Å². The summed E-state index contributed by atoms with van der Waals surface area (Å²) in [5.41, 5.74) is 6.43. The van der Waals surface area contributed by atoms with E-state index < -0.39 is 6.10 Å². The second-order valence-corrected chi connectivity index (χ2v) is 6.42. The molecule has 0 aliphatic heterocycles. The van der Waals surface area contributed by atoms with Crippen LogP contribution in [0.25, 0.3) is 10.9 Å². The number of nitrogen functional groups attached to an aromatic ring is 1. The second kappa shape index (κ2) is 6.45. The molecule has 0 fully saturated rings. The van der Waals surface area contributed by atoms with Crippen LogP contribution in [-0.4, -0.2) is 41.9 Å². The van der Waals surface area contributed by atoms with Crippen LogP contribution in [0.5, 0.6) is 11.5 Å². The molecule has 0 radical (unpaired) electrons. The van der Waals surface area contributed by atoms with Crippen molar-refractivity contribution in [2.75, 3.05) is 31.8 Å². The number of nitrogens with one attached hydrogen (secondary N) is 1. The van der Waals surface area contributed by atoms with Gasteiger partial charge in [0.1, 0.15) is 5.82 Å². The van der Waals surface area contributed by atoms with Crippen molar-refractivity contribution >= 4 is 22.7 Å². The molecule has 0 aliphatic rings. The maximum Gasteiger partial charge on any atom is 0.225 e. The molecule has 7 nitrogen and oxygen atoms in total. The Morgan fingerprint density at radius 3 is 2.35 bits per heavy atom. The first-order valence-electron chi connectivity index (χ1n) is 7.37. The number of fused-ring (bicyclic) bond motifs is 1. The molecule has 4 N–H and O–H groups in total. The number of anilines is 2. The monoisotopic (exact) mass is 320 g/mol.